The molecule has 0 atom stereocenters. The van der Waals surface area contributed by atoms with E-state index in [0.29, 0.717) is 17.4 Å². The fourth-order valence-electron chi connectivity index (χ4n) is 2.41. The van der Waals surface area contributed by atoms with Crippen molar-refractivity contribution < 1.29 is 4.79 Å². The Morgan fingerprint density at radius 2 is 2.00 bits per heavy atom. The van der Waals surface area contributed by atoms with E-state index in [1.807, 2.05) is 0 Å². The largest absolute Gasteiger partial charge is 0.293 e. The number of carbonyl (C=O) groups excluding carboxylic acids is 1. The fourth-order valence-corrected chi connectivity index (χ4v) is 4.07. The Bertz CT molecular complexity index is 375. The summed E-state index contributed by atoms with van der Waals surface area (Å²) in [5, 5.41) is 0.652. The van der Waals surface area contributed by atoms with Gasteiger partial charge in [-0.05, 0) is 27.9 Å². The second-order valence-corrected chi connectivity index (χ2v) is 7.49. The molecule has 0 N–H and O–H groups in total. The number of rotatable bonds is 3. The second-order valence-electron chi connectivity index (χ2n) is 4.72. The second kappa shape index (κ2) is 6.35. The fraction of sp³-hybridized carbons (Fsp3) is 0.615. The summed E-state index contributed by atoms with van der Waals surface area (Å²) < 4.78 is 0.864. The van der Waals surface area contributed by atoms with Crippen molar-refractivity contribution in [2.24, 2.45) is 5.92 Å². The van der Waals surface area contributed by atoms with Gasteiger partial charge in [0.15, 0.2) is 5.78 Å². The predicted octanol–water partition coefficient (Wildman–Crippen LogP) is 5.71. The molecule has 0 spiro atoms. The van der Waals surface area contributed by atoms with Gasteiger partial charge in [-0.25, -0.2) is 0 Å². The van der Waals surface area contributed by atoms with Gasteiger partial charge in [-0.2, -0.15) is 0 Å². The van der Waals surface area contributed by atoms with E-state index in [-0.39, 0.29) is 5.78 Å². The lowest BCUT2D eigenvalue weighted by Gasteiger charge is -2.11. The molecule has 0 bridgehead atoms. The van der Waals surface area contributed by atoms with E-state index in [0.717, 1.165) is 8.66 Å². The molecule has 17 heavy (non-hydrogen) atoms. The molecule has 0 aromatic carbocycles. The zero-order valence-corrected chi connectivity index (χ0v) is 12.8. The van der Waals surface area contributed by atoms with Crippen LogP contribution in [0.15, 0.2) is 9.85 Å². The van der Waals surface area contributed by atoms with Crippen LogP contribution in [0, 0.1) is 5.92 Å². The molecule has 1 aromatic heterocycles. The third-order valence-electron chi connectivity index (χ3n) is 3.37. The molecule has 1 saturated carbocycles. The van der Waals surface area contributed by atoms with E-state index < -0.39 is 0 Å². The van der Waals surface area contributed by atoms with Crippen molar-refractivity contribution in [3.8, 4) is 0 Å². The van der Waals surface area contributed by atoms with Gasteiger partial charge in [0.1, 0.15) is 0 Å². The highest BCUT2D eigenvalue weighted by Crippen LogP contribution is 2.34. The summed E-state index contributed by atoms with van der Waals surface area (Å²) >= 11 is 10.8. The molecule has 0 unspecified atom stereocenters. The molecule has 1 aliphatic carbocycles. The van der Waals surface area contributed by atoms with Gasteiger partial charge in [0.05, 0.1) is 13.7 Å². The van der Waals surface area contributed by atoms with E-state index in [4.69, 9.17) is 11.6 Å². The molecule has 1 aromatic rings. The lowest BCUT2D eigenvalue weighted by molar-refractivity contribution is 0.0961. The van der Waals surface area contributed by atoms with Crippen LogP contribution >= 0.6 is 38.9 Å². The third kappa shape index (κ3) is 3.80. The van der Waals surface area contributed by atoms with Crippen LogP contribution in [0.5, 0.6) is 0 Å². The van der Waals surface area contributed by atoms with Gasteiger partial charge in [-0.1, -0.05) is 50.1 Å². The molecule has 0 aliphatic heterocycles. The number of thiophene rings is 1. The van der Waals surface area contributed by atoms with Crippen molar-refractivity contribution in [3.63, 3.8) is 0 Å². The van der Waals surface area contributed by atoms with Gasteiger partial charge in [-0.3, -0.25) is 4.79 Å². The Morgan fingerprint density at radius 3 is 2.53 bits per heavy atom. The van der Waals surface area contributed by atoms with E-state index in [9.17, 15) is 4.79 Å². The third-order valence-corrected chi connectivity index (χ3v) is 5.88. The molecule has 0 radical (unpaired) electrons. The van der Waals surface area contributed by atoms with Crippen LogP contribution in [0.1, 0.15) is 54.6 Å². The normalized spacial score (nSPS) is 18.0. The minimum Gasteiger partial charge on any atom is -0.293 e. The van der Waals surface area contributed by atoms with E-state index >= 15 is 0 Å². The molecule has 1 aliphatic rings. The average Bonchev–Trinajstić information content (AvgIpc) is 2.54. The number of hydrogen-bond donors (Lipinski definition) is 0. The first-order valence-corrected chi connectivity index (χ1v) is 8.13. The highest BCUT2D eigenvalue weighted by atomic mass is 79.9. The van der Waals surface area contributed by atoms with Crippen LogP contribution in [0.3, 0.4) is 0 Å². The molecule has 2 rings (SSSR count). The van der Waals surface area contributed by atoms with Crippen molar-refractivity contribution in [2.45, 2.75) is 44.9 Å². The first-order valence-electron chi connectivity index (χ1n) is 6.15. The van der Waals surface area contributed by atoms with Gasteiger partial charge in [0.2, 0.25) is 0 Å². The van der Waals surface area contributed by atoms with Crippen molar-refractivity contribution in [1.29, 1.82) is 0 Å². The predicted molar refractivity (Wildman–Crippen MR) is 77.2 cm³/mol. The highest BCUT2D eigenvalue weighted by Gasteiger charge is 2.19. The first-order chi connectivity index (χ1) is 8.16. The van der Waals surface area contributed by atoms with Gasteiger partial charge in [0, 0.05) is 6.42 Å². The molecule has 0 amide bonds. The van der Waals surface area contributed by atoms with Crippen LogP contribution in [-0.2, 0) is 0 Å². The van der Waals surface area contributed by atoms with Crippen LogP contribution in [-0.4, -0.2) is 5.78 Å². The van der Waals surface area contributed by atoms with Gasteiger partial charge in [-0.15, -0.1) is 11.3 Å². The summed E-state index contributed by atoms with van der Waals surface area (Å²) in [6.45, 7) is 0. The molecule has 1 fully saturated rings. The van der Waals surface area contributed by atoms with Crippen LogP contribution < -0.4 is 0 Å². The van der Waals surface area contributed by atoms with Crippen LogP contribution in [0.25, 0.3) is 0 Å². The minimum atomic E-state index is 0.259. The topological polar surface area (TPSA) is 17.1 Å². The number of halogens is 2. The Labute approximate surface area is 120 Å². The SMILES string of the molecule is O=C(CC1CCCCCC1)c1cc(Cl)c(Br)s1. The zero-order chi connectivity index (χ0) is 12.3. The average molecular weight is 336 g/mol. The zero-order valence-electron chi connectivity index (χ0n) is 9.68. The summed E-state index contributed by atoms with van der Waals surface area (Å²) in [5.74, 6) is 0.846. The van der Waals surface area contributed by atoms with E-state index in [1.165, 1.54) is 49.9 Å². The minimum absolute atomic E-state index is 0.259. The highest BCUT2D eigenvalue weighted by molar-refractivity contribution is 9.11. The van der Waals surface area contributed by atoms with Crippen molar-refractivity contribution in [2.75, 3.05) is 0 Å². The number of hydrogen-bond acceptors (Lipinski definition) is 2. The number of carbonyl (C=O) groups is 1. The summed E-state index contributed by atoms with van der Waals surface area (Å²) in [7, 11) is 0. The number of Topliss-reactive ketones (excluding diaryl/α,β-unsaturated/α-hetero) is 1. The monoisotopic (exact) mass is 334 g/mol. The van der Waals surface area contributed by atoms with Crippen molar-refractivity contribution in [3.05, 3.63) is 19.8 Å². The Balaban J connectivity index is 1.95. The molecular formula is C13H16BrClOS. The van der Waals surface area contributed by atoms with E-state index in [2.05, 4.69) is 15.9 Å². The lowest BCUT2D eigenvalue weighted by atomic mass is 9.94. The summed E-state index contributed by atoms with van der Waals surface area (Å²) in [6, 6.07) is 1.79. The van der Waals surface area contributed by atoms with Gasteiger partial charge < -0.3 is 0 Å². The van der Waals surface area contributed by atoms with Gasteiger partial charge >= 0.3 is 0 Å². The maximum atomic E-state index is 12.1. The molecule has 4 heteroatoms. The standard InChI is InChI=1S/C13H16BrClOS/c14-13-10(15)8-12(17-13)11(16)7-9-5-3-1-2-4-6-9/h8-9H,1-7H2. The van der Waals surface area contributed by atoms with E-state index in [1.54, 1.807) is 6.07 Å². The molecule has 1 heterocycles. The number of ketones is 1. The molecule has 94 valence electrons. The molecular weight excluding hydrogens is 320 g/mol. The lowest BCUT2D eigenvalue weighted by Crippen LogP contribution is -2.07. The Hall–Kier alpha value is 0.140. The van der Waals surface area contributed by atoms with Gasteiger partial charge in [0.25, 0.3) is 0 Å². The maximum absolute atomic E-state index is 12.1. The first kappa shape index (κ1) is 13.6. The Kier molecular flexibility index (Phi) is 5.07. The van der Waals surface area contributed by atoms with Crippen LogP contribution in [0.2, 0.25) is 5.02 Å². The summed E-state index contributed by atoms with van der Waals surface area (Å²) in [6.07, 6.45) is 8.36. The molecule has 1 nitrogen and oxygen atoms in total. The maximum Gasteiger partial charge on any atom is 0.173 e. The Morgan fingerprint density at radius 1 is 1.35 bits per heavy atom. The van der Waals surface area contributed by atoms with Crippen LogP contribution in [0.4, 0.5) is 0 Å². The van der Waals surface area contributed by atoms with Crippen molar-refractivity contribution >= 4 is 44.7 Å². The summed E-state index contributed by atoms with van der Waals surface area (Å²) in [5.41, 5.74) is 0. The van der Waals surface area contributed by atoms with Crippen molar-refractivity contribution in [1.82, 2.24) is 0 Å². The quantitative estimate of drug-likeness (QED) is 0.511. The smallest absolute Gasteiger partial charge is 0.173 e. The summed E-state index contributed by atoms with van der Waals surface area (Å²) in [4.78, 5) is 12.9. The molecule has 0 saturated heterocycles.